The van der Waals surface area contributed by atoms with Gasteiger partial charge in [-0.1, -0.05) is 21.6 Å². The van der Waals surface area contributed by atoms with Crippen molar-refractivity contribution in [3.8, 4) is 22.8 Å². The molecule has 0 spiro atoms. The normalized spacial score (nSPS) is 25.9. The Morgan fingerprint density at radius 2 is 1.91 bits per heavy atom. The predicted octanol–water partition coefficient (Wildman–Crippen LogP) is 5.78. The number of pyridine rings is 2. The van der Waals surface area contributed by atoms with Gasteiger partial charge in [0.05, 0.1) is 36.3 Å². The number of aryl methyl sites for hydroxylation is 2. The Hall–Kier alpha value is -4.99. The number of allylic oxidation sites excluding steroid dienone is 1. The summed E-state index contributed by atoms with van der Waals surface area (Å²) < 4.78 is 24.7. The number of hydrogen-bond donors (Lipinski definition) is 3. The number of aromatic nitrogens is 2. The number of phenolic OH excluding ortho intramolecular Hbond substituents is 1. The zero-order valence-electron chi connectivity index (χ0n) is 30.6. The van der Waals surface area contributed by atoms with Gasteiger partial charge in [-0.3, -0.25) is 9.79 Å². The van der Waals surface area contributed by atoms with Crippen LogP contribution in [0.4, 0.5) is 11.6 Å². The monoisotopic (exact) mass is 780 g/mol. The molecule has 15 heteroatoms. The first-order valence-corrected chi connectivity index (χ1v) is 20.7. The number of nitrogens with two attached hydrogens (primary N) is 2. The van der Waals surface area contributed by atoms with Crippen LogP contribution in [0.2, 0.25) is 0 Å². The third kappa shape index (κ3) is 6.51. The molecule has 9 rings (SSSR count). The number of aromatic hydroxyl groups is 1. The lowest BCUT2D eigenvalue weighted by Gasteiger charge is -2.42. The Kier molecular flexibility index (Phi) is 8.66. The number of rotatable bonds is 2. The third-order valence-corrected chi connectivity index (χ3v) is 13.4. The second-order valence-corrected chi connectivity index (χ2v) is 17.7. The Bertz CT molecular complexity index is 2450. The fourth-order valence-electron chi connectivity index (χ4n) is 7.92. The summed E-state index contributed by atoms with van der Waals surface area (Å²) in [6.45, 7) is 6.59. The molecule has 8 heterocycles. The van der Waals surface area contributed by atoms with E-state index in [0.29, 0.717) is 78.3 Å². The molecule has 2 bridgehead atoms. The van der Waals surface area contributed by atoms with Crippen LogP contribution in [0.15, 0.2) is 68.6 Å². The van der Waals surface area contributed by atoms with E-state index in [1.807, 2.05) is 31.3 Å². The number of anilines is 2. The first-order valence-electron chi connectivity index (χ1n) is 18.2. The minimum atomic E-state index is -1.16. The number of hydrogen-bond acceptors (Lipinski definition) is 15. The summed E-state index contributed by atoms with van der Waals surface area (Å²) >= 11 is 0. The molecule has 1 aromatic carbocycles. The molecule has 5 aliphatic rings. The molecule has 1 fully saturated rings. The van der Waals surface area contributed by atoms with Crippen molar-refractivity contribution in [1.82, 2.24) is 14.9 Å². The lowest BCUT2D eigenvalue weighted by Crippen LogP contribution is -2.52. The molecular formula is C40H40N6O7S2. The minimum Gasteiger partial charge on any atom is -0.507 e. The molecule has 5 aliphatic heterocycles. The summed E-state index contributed by atoms with van der Waals surface area (Å²) in [6, 6.07) is 8.92. The number of nitrogen functional groups attached to an aromatic ring is 2. The minimum absolute atomic E-state index is 0.0664. The lowest BCUT2D eigenvalue weighted by atomic mass is 9.86. The van der Waals surface area contributed by atoms with Crippen LogP contribution in [0.25, 0.3) is 22.2 Å². The van der Waals surface area contributed by atoms with Crippen molar-refractivity contribution in [3.63, 3.8) is 0 Å². The predicted molar refractivity (Wildman–Crippen MR) is 213 cm³/mol. The fourth-order valence-corrected chi connectivity index (χ4v) is 10.2. The van der Waals surface area contributed by atoms with E-state index in [-0.39, 0.29) is 34.7 Å². The summed E-state index contributed by atoms with van der Waals surface area (Å²) in [6.07, 6.45) is 6.52. The molecule has 5 N–H and O–H groups in total. The number of aliphatic imine (C=N–C) groups is 1. The van der Waals surface area contributed by atoms with E-state index in [4.69, 9.17) is 40.1 Å². The van der Waals surface area contributed by atoms with E-state index in [9.17, 15) is 14.7 Å². The largest absolute Gasteiger partial charge is 0.507 e. The molecular weight excluding hydrogens is 741 g/mol. The van der Waals surface area contributed by atoms with Crippen LogP contribution in [-0.4, -0.2) is 67.4 Å². The van der Waals surface area contributed by atoms with E-state index in [1.165, 1.54) is 6.07 Å². The van der Waals surface area contributed by atoms with Gasteiger partial charge in [-0.15, -0.1) is 0 Å². The summed E-state index contributed by atoms with van der Waals surface area (Å²) in [5, 5.41) is 11.4. The Morgan fingerprint density at radius 1 is 1.05 bits per heavy atom. The number of epoxide rings is 1. The van der Waals surface area contributed by atoms with Crippen molar-refractivity contribution >= 4 is 55.9 Å². The number of benzene rings is 1. The molecule has 3 aromatic heterocycles. The zero-order valence-corrected chi connectivity index (χ0v) is 32.2. The summed E-state index contributed by atoms with van der Waals surface area (Å²) in [5.41, 5.74) is 17.6. The van der Waals surface area contributed by atoms with Gasteiger partial charge >= 0.3 is 5.97 Å². The maximum absolute atomic E-state index is 13.9. The number of fused-ring (bicyclic) bond motifs is 9. The maximum Gasteiger partial charge on any atom is 0.341 e. The van der Waals surface area contributed by atoms with Crippen molar-refractivity contribution < 1.29 is 28.5 Å². The lowest BCUT2D eigenvalue weighted by molar-refractivity contribution is -0.168. The number of carbonyl (C=O) groups excluding carboxylic acids is 1. The van der Waals surface area contributed by atoms with Crippen LogP contribution in [0.1, 0.15) is 54.8 Å². The van der Waals surface area contributed by atoms with Crippen LogP contribution in [0.5, 0.6) is 11.5 Å². The smallest absolute Gasteiger partial charge is 0.341 e. The van der Waals surface area contributed by atoms with Crippen LogP contribution >= 0.6 is 21.6 Å². The maximum atomic E-state index is 13.9. The van der Waals surface area contributed by atoms with E-state index < -0.39 is 23.3 Å². The zero-order chi connectivity index (χ0) is 38.2. The van der Waals surface area contributed by atoms with Gasteiger partial charge in [-0.2, -0.15) is 0 Å². The highest BCUT2D eigenvalue weighted by atomic mass is 33.1. The van der Waals surface area contributed by atoms with Gasteiger partial charge in [0.25, 0.3) is 0 Å². The van der Waals surface area contributed by atoms with Crippen molar-refractivity contribution in [2.24, 2.45) is 4.99 Å². The second kappa shape index (κ2) is 13.3. The van der Waals surface area contributed by atoms with Gasteiger partial charge in [-0.05, 0) is 63.5 Å². The summed E-state index contributed by atoms with van der Waals surface area (Å²) in [5.74, 6) is 2.06. The molecule has 0 unspecified atom stereocenters. The van der Waals surface area contributed by atoms with Crippen molar-refractivity contribution in [1.29, 1.82) is 0 Å². The van der Waals surface area contributed by atoms with Gasteiger partial charge in [-0.25, -0.2) is 14.8 Å². The number of phenols is 1. The molecule has 0 saturated carbocycles. The average molecular weight is 781 g/mol. The average Bonchev–Trinajstić information content (AvgIpc) is 3.37. The summed E-state index contributed by atoms with van der Waals surface area (Å²) in [4.78, 5) is 43.0. The van der Waals surface area contributed by atoms with Gasteiger partial charge in [0.2, 0.25) is 0 Å². The first kappa shape index (κ1) is 35.7. The highest BCUT2D eigenvalue weighted by Crippen LogP contribution is 2.47. The van der Waals surface area contributed by atoms with E-state index in [1.54, 1.807) is 41.5 Å². The highest BCUT2D eigenvalue weighted by molar-refractivity contribution is 8.76. The molecule has 4 aromatic rings. The van der Waals surface area contributed by atoms with Crippen molar-refractivity contribution in [3.05, 3.63) is 92.7 Å². The second-order valence-electron chi connectivity index (χ2n) is 15.1. The topological polar surface area (TPSA) is 192 Å². The Balaban J connectivity index is 1.04. The number of nitrogens with zero attached hydrogens (tertiary/aromatic N) is 4. The number of esters is 1. The summed E-state index contributed by atoms with van der Waals surface area (Å²) in [7, 11) is 3.27. The molecule has 0 amide bonds. The fraction of sp³-hybridized carbons (Fsp3) is 0.375. The first-order chi connectivity index (χ1) is 26.4. The quantitative estimate of drug-likeness (QED) is 0.126. The molecule has 4 atom stereocenters. The van der Waals surface area contributed by atoms with E-state index in [2.05, 4.69) is 22.2 Å². The number of carbonyl (C=O) groups is 1. The van der Waals surface area contributed by atoms with E-state index in [0.717, 1.165) is 33.7 Å². The van der Waals surface area contributed by atoms with Crippen LogP contribution in [-0.2, 0) is 39.4 Å². The van der Waals surface area contributed by atoms with Crippen LogP contribution < -0.4 is 21.6 Å². The molecule has 0 radical (unpaired) electrons. The van der Waals surface area contributed by atoms with Gasteiger partial charge in [0.15, 0.2) is 11.0 Å². The number of ether oxygens (including phenoxy) is 3. The third-order valence-electron chi connectivity index (χ3n) is 11.1. The SMILES string of the molecule is Cc1cc(=O)c2c(O)c3c(cc2o1)O[C@@]1(C)CCSSCc2c(cc(CN4C=C5C=CN=C5C4)nc2N)-c2cc(cc(N)n2)CC[C@@H]2O[C@]2(C)C(=O)O[C@H]1C3. The standard InChI is InChI=1S/C40H40N6O7S2/c1-20-10-29(47)35-31(50-20)15-30-25(36(35)48)14-33-39(2,52-30)7-9-54-55-19-26-24(13-23(44-37(26)42)17-46-16-22-6-8-43-28(22)18-46)27-11-21(12-34(41)45-27)4-5-32-40(3,53-32)38(49)51-33/h6,8,10-13,15-16,32-33,48H,4-5,7,9,14,17-19H2,1-3H3,(H2,41,45)(H2,42,44)/t32-,33-,39-,40-/m0/s1. The van der Waals surface area contributed by atoms with Gasteiger partial charge in [0.1, 0.15) is 51.6 Å². The van der Waals surface area contributed by atoms with Crippen molar-refractivity contribution in [2.45, 2.75) is 82.2 Å². The molecule has 0 aliphatic carbocycles. The van der Waals surface area contributed by atoms with Gasteiger partial charge in [0, 0.05) is 71.1 Å². The molecule has 1 saturated heterocycles. The highest BCUT2D eigenvalue weighted by Gasteiger charge is 2.61. The molecule has 13 nitrogen and oxygen atoms in total. The van der Waals surface area contributed by atoms with Crippen molar-refractivity contribution in [2.75, 3.05) is 23.8 Å². The van der Waals surface area contributed by atoms with E-state index >= 15 is 0 Å². The van der Waals surface area contributed by atoms with Crippen LogP contribution in [0.3, 0.4) is 0 Å². The van der Waals surface area contributed by atoms with Gasteiger partial charge < -0.3 is 40.1 Å². The molecule has 55 heavy (non-hydrogen) atoms. The molecule has 284 valence electrons. The Labute approximate surface area is 324 Å². The Morgan fingerprint density at radius 3 is 2.75 bits per heavy atom. The van der Waals surface area contributed by atoms with Crippen LogP contribution in [0, 0.1) is 6.92 Å².